The Kier molecular flexibility index (Phi) is 4.92. The van der Waals surface area contributed by atoms with E-state index in [0.29, 0.717) is 23.5 Å². The number of aromatic nitrogens is 1. The van der Waals surface area contributed by atoms with Crippen LogP contribution in [0.15, 0.2) is 17.5 Å². The fourth-order valence-corrected chi connectivity index (χ4v) is 3.21. The van der Waals surface area contributed by atoms with Crippen molar-refractivity contribution in [2.24, 2.45) is 0 Å². The molecule has 2 N–H and O–H groups in total. The number of carboxylic acids is 1. The molecule has 0 unspecified atom stereocenters. The van der Waals surface area contributed by atoms with Crippen LogP contribution >= 0.6 is 11.3 Å². The Morgan fingerprint density at radius 2 is 1.86 bits per heavy atom. The second-order valence-electron chi connectivity index (χ2n) is 5.21. The van der Waals surface area contributed by atoms with Crippen molar-refractivity contribution >= 4 is 23.2 Å². The monoisotopic (exact) mass is 318 g/mol. The van der Waals surface area contributed by atoms with Crippen molar-refractivity contribution in [1.29, 1.82) is 0 Å². The minimum absolute atomic E-state index is 0.0524. The van der Waals surface area contributed by atoms with Gasteiger partial charge in [0.15, 0.2) is 5.69 Å². The first-order chi connectivity index (χ1) is 10.4. The van der Waals surface area contributed by atoms with Crippen molar-refractivity contribution in [3.8, 4) is 0 Å². The lowest BCUT2D eigenvalue weighted by Crippen LogP contribution is -2.27. The third-order valence-corrected chi connectivity index (χ3v) is 4.21. The molecule has 1 aromatic carbocycles. The lowest BCUT2D eigenvalue weighted by atomic mass is 9.99. The summed E-state index contributed by atoms with van der Waals surface area (Å²) in [4.78, 5) is 27.0. The summed E-state index contributed by atoms with van der Waals surface area (Å²) in [6.45, 7) is 6.28. The maximum atomic E-state index is 12.3. The minimum Gasteiger partial charge on any atom is -0.476 e. The van der Waals surface area contributed by atoms with Crippen LogP contribution in [0.2, 0.25) is 0 Å². The van der Waals surface area contributed by atoms with E-state index in [-0.39, 0.29) is 11.6 Å². The molecule has 2 rings (SSSR count). The summed E-state index contributed by atoms with van der Waals surface area (Å²) in [6.07, 6.45) is 0.521. The molecule has 0 saturated carbocycles. The first-order valence-electron chi connectivity index (χ1n) is 6.92. The molecule has 0 aliphatic rings. The van der Waals surface area contributed by atoms with Crippen LogP contribution in [0, 0.1) is 20.8 Å². The Bertz CT molecular complexity index is 699. The third-order valence-electron chi connectivity index (χ3n) is 3.30. The second kappa shape index (κ2) is 6.70. The molecule has 0 radical (unpaired) electrons. The van der Waals surface area contributed by atoms with Crippen LogP contribution in [0.5, 0.6) is 0 Å². The van der Waals surface area contributed by atoms with E-state index in [1.54, 1.807) is 0 Å². The number of hydrogen-bond donors (Lipinski definition) is 2. The highest BCUT2D eigenvalue weighted by atomic mass is 32.1. The molecule has 0 aliphatic heterocycles. The van der Waals surface area contributed by atoms with Crippen LogP contribution in [0.25, 0.3) is 0 Å². The average molecular weight is 318 g/mol. The van der Waals surface area contributed by atoms with Gasteiger partial charge in [-0.05, 0) is 31.9 Å². The summed E-state index contributed by atoms with van der Waals surface area (Å²) in [5.74, 6) is -1.14. The number of hydrogen-bond acceptors (Lipinski definition) is 4. The normalized spacial score (nSPS) is 10.5. The SMILES string of the molecule is Cc1cc(C)c(C(=O)NCCc2nc(C(=O)O)cs2)c(C)c1. The van der Waals surface area contributed by atoms with Gasteiger partial charge in [-0.1, -0.05) is 17.7 Å². The first-order valence-corrected chi connectivity index (χ1v) is 7.80. The summed E-state index contributed by atoms with van der Waals surface area (Å²) < 4.78 is 0. The van der Waals surface area contributed by atoms with Gasteiger partial charge < -0.3 is 10.4 Å². The molecule has 1 amide bonds. The number of carboxylic acid groups (broad SMARTS) is 1. The molecule has 1 aromatic heterocycles. The number of aromatic carboxylic acids is 1. The predicted molar refractivity (Wildman–Crippen MR) is 85.8 cm³/mol. The molecule has 2 aromatic rings. The van der Waals surface area contributed by atoms with Gasteiger partial charge in [0.2, 0.25) is 0 Å². The minimum atomic E-state index is -1.03. The summed E-state index contributed by atoms with van der Waals surface area (Å²) >= 11 is 1.29. The zero-order valence-corrected chi connectivity index (χ0v) is 13.6. The van der Waals surface area contributed by atoms with Crippen LogP contribution in [0.3, 0.4) is 0 Å². The lowest BCUT2D eigenvalue weighted by Gasteiger charge is -2.11. The summed E-state index contributed by atoms with van der Waals surface area (Å²) in [6, 6.07) is 3.98. The number of amides is 1. The highest BCUT2D eigenvalue weighted by Gasteiger charge is 2.13. The molecular formula is C16H18N2O3S. The molecule has 0 atom stereocenters. The topological polar surface area (TPSA) is 79.3 Å². The largest absolute Gasteiger partial charge is 0.476 e. The van der Waals surface area contributed by atoms with Crippen molar-refractivity contribution in [3.63, 3.8) is 0 Å². The lowest BCUT2D eigenvalue weighted by molar-refractivity contribution is 0.0690. The van der Waals surface area contributed by atoms with Crippen molar-refractivity contribution in [1.82, 2.24) is 10.3 Å². The van der Waals surface area contributed by atoms with Crippen molar-refractivity contribution < 1.29 is 14.7 Å². The number of aryl methyl sites for hydroxylation is 3. The molecule has 0 saturated heterocycles. The molecule has 0 aliphatic carbocycles. The van der Waals surface area contributed by atoms with Gasteiger partial charge >= 0.3 is 5.97 Å². The van der Waals surface area contributed by atoms with Crippen LogP contribution in [0.4, 0.5) is 0 Å². The van der Waals surface area contributed by atoms with Crippen molar-refractivity contribution in [2.75, 3.05) is 6.54 Å². The number of nitrogens with one attached hydrogen (secondary N) is 1. The number of nitrogens with zero attached hydrogens (tertiary/aromatic N) is 1. The number of benzene rings is 1. The third kappa shape index (κ3) is 3.71. The van der Waals surface area contributed by atoms with Gasteiger partial charge in [0, 0.05) is 23.9 Å². The maximum Gasteiger partial charge on any atom is 0.355 e. The van der Waals surface area contributed by atoms with Crippen LogP contribution < -0.4 is 5.32 Å². The van der Waals surface area contributed by atoms with E-state index in [2.05, 4.69) is 10.3 Å². The number of carbonyl (C=O) groups excluding carboxylic acids is 1. The van der Waals surface area contributed by atoms with Gasteiger partial charge in [0.05, 0.1) is 5.01 Å². The summed E-state index contributed by atoms with van der Waals surface area (Å²) in [5.41, 5.74) is 3.80. The summed E-state index contributed by atoms with van der Waals surface area (Å²) in [7, 11) is 0. The van der Waals surface area contributed by atoms with Gasteiger partial charge in [-0.15, -0.1) is 11.3 Å². The van der Waals surface area contributed by atoms with Crippen LogP contribution in [-0.2, 0) is 6.42 Å². The Hall–Kier alpha value is -2.21. The predicted octanol–water partition coefficient (Wildman–Crippen LogP) is 2.74. The number of rotatable bonds is 5. The zero-order valence-electron chi connectivity index (χ0n) is 12.8. The fourth-order valence-electron chi connectivity index (χ4n) is 2.43. The van der Waals surface area contributed by atoms with Gasteiger partial charge in [0.1, 0.15) is 0 Å². The Morgan fingerprint density at radius 1 is 1.23 bits per heavy atom. The van der Waals surface area contributed by atoms with Gasteiger partial charge in [0.25, 0.3) is 5.91 Å². The number of carbonyl (C=O) groups is 2. The van der Waals surface area contributed by atoms with E-state index in [1.165, 1.54) is 16.7 Å². The van der Waals surface area contributed by atoms with E-state index >= 15 is 0 Å². The van der Waals surface area contributed by atoms with E-state index in [9.17, 15) is 9.59 Å². The molecule has 1 heterocycles. The van der Waals surface area contributed by atoms with Crippen molar-refractivity contribution in [2.45, 2.75) is 27.2 Å². The van der Waals surface area contributed by atoms with Crippen LogP contribution in [0.1, 0.15) is 42.5 Å². The standard InChI is InChI=1S/C16H18N2O3S/c1-9-6-10(2)14(11(3)7-9)15(19)17-5-4-13-18-12(8-22-13)16(20)21/h6-8H,4-5H2,1-3H3,(H,17,19)(H,20,21). The zero-order chi connectivity index (χ0) is 16.3. The van der Waals surface area contributed by atoms with E-state index < -0.39 is 5.97 Å². The average Bonchev–Trinajstić information content (AvgIpc) is 2.86. The molecule has 0 fully saturated rings. The molecule has 6 heteroatoms. The van der Waals surface area contributed by atoms with Crippen LogP contribution in [-0.4, -0.2) is 28.5 Å². The Balaban J connectivity index is 1.97. The van der Waals surface area contributed by atoms with E-state index in [0.717, 1.165) is 16.7 Å². The maximum absolute atomic E-state index is 12.3. The molecular weight excluding hydrogens is 300 g/mol. The fraction of sp³-hybridized carbons (Fsp3) is 0.312. The first kappa shape index (κ1) is 16.2. The van der Waals surface area contributed by atoms with E-state index in [1.807, 2.05) is 32.9 Å². The second-order valence-corrected chi connectivity index (χ2v) is 6.15. The van der Waals surface area contributed by atoms with E-state index in [4.69, 9.17) is 5.11 Å². The van der Waals surface area contributed by atoms with Gasteiger partial charge in [-0.3, -0.25) is 4.79 Å². The van der Waals surface area contributed by atoms with Gasteiger partial charge in [-0.2, -0.15) is 0 Å². The highest BCUT2D eigenvalue weighted by Crippen LogP contribution is 2.16. The van der Waals surface area contributed by atoms with Crippen molar-refractivity contribution in [3.05, 3.63) is 50.5 Å². The molecule has 0 spiro atoms. The highest BCUT2D eigenvalue weighted by molar-refractivity contribution is 7.09. The molecule has 22 heavy (non-hydrogen) atoms. The molecule has 0 bridgehead atoms. The number of thiazole rings is 1. The molecule has 116 valence electrons. The van der Waals surface area contributed by atoms with Gasteiger partial charge in [-0.25, -0.2) is 9.78 Å². The smallest absolute Gasteiger partial charge is 0.355 e. The Labute approximate surface area is 133 Å². The quantitative estimate of drug-likeness (QED) is 0.888. The Morgan fingerprint density at radius 3 is 2.41 bits per heavy atom. The molecule has 5 nitrogen and oxygen atoms in total. The summed E-state index contributed by atoms with van der Waals surface area (Å²) in [5, 5.41) is 13.9.